The van der Waals surface area contributed by atoms with Gasteiger partial charge in [-0.2, -0.15) is 0 Å². The zero-order chi connectivity index (χ0) is 17.4. The van der Waals surface area contributed by atoms with Gasteiger partial charge in [0.05, 0.1) is 9.79 Å². The van der Waals surface area contributed by atoms with Gasteiger partial charge in [-0.05, 0) is 37.1 Å². The van der Waals surface area contributed by atoms with Crippen LogP contribution in [0.5, 0.6) is 0 Å². The van der Waals surface area contributed by atoms with Gasteiger partial charge in [-0.15, -0.1) is 0 Å². The predicted octanol–water partition coefficient (Wildman–Crippen LogP) is 4.20. The van der Waals surface area contributed by atoms with Crippen LogP contribution in [-0.2, 0) is 22.7 Å². The highest BCUT2D eigenvalue weighted by atomic mass is 32.2. The summed E-state index contributed by atoms with van der Waals surface area (Å²) >= 11 is 0. The van der Waals surface area contributed by atoms with E-state index in [2.05, 4.69) is 0 Å². The predicted molar refractivity (Wildman–Crippen MR) is 76.9 cm³/mol. The third-order valence-electron chi connectivity index (χ3n) is 3.56. The average Bonchev–Trinajstić information content (AvgIpc) is 2.46. The van der Waals surface area contributed by atoms with Gasteiger partial charge in [0.15, 0.2) is 0 Å². The van der Waals surface area contributed by atoms with E-state index < -0.39 is 42.9 Å². The van der Waals surface area contributed by atoms with Crippen molar-refractivity contribution >= 4 is 9.84 Å². The summed E-state index contributed by atoms with van der Waals surface area (Å²) in [4.78, 5) is -1.37. The Labute approximate surface area is 131 Å². The average molecular weight is 346 g/mol. The lowest BCUT2D eigenvalue weighted by atomic mass is 10.1. The fourth-order valence-corrected chi connectivity index (χ4v) is 3.59. The molecule has 0 unspecified atom stereocenters. The Hall–Kier alpha value is -1.89. The number of benzene rings is 2. The Morgan fingerprint density at radius 3 is 1.17 bits per heavy atom. The van der Waals surface area contributed by atoms with Crippen LogP contribution in [-0.4, -0.2) is 8.42 Å². The number of hydrogen-bond acceptors (Lipinski definition) is 2. The monoisotopic (exact) mass is 346 g/mol. The summed E-state index contributed by atoms with van der Waals surface area (Å²) in [5, 5.41) is 0. The standard InChI is InChI=1S/C16H14F4O2S/c1-3-11-13(17)5-9(6-14(11)18)23(21,22)10-7-15(19)12(4-2)16(20)8-10/h5-8H,3-4H2,1-2H3. The maximum Gasteiger partial charge on any atom is 0.207 e. The molecule has 7 heteroatoms. The van der Waals surface area contributed by atoms with Gasteiger partial charge in [-0.25, -0.2) is 26.0 Å². The van der Waals surface area contributed by atoms with E-state index in [-0.39, 0.29) is 24.0 Å². The van der Waals surface area contributed by atoms with Crippen molar-refractivity contribution in [3.05, 3.63) is 58.7 Å². The van der Waals surface area contributed by atoms with E-state index >= 15 is 0 Å². The summed E-state index contributed by atoms with van der Waals surface area (Å²) in [5.41, 5.74) is -0.495. The first-order valence-electron chi connectivity index (χ1n) is 6.93. The smallest absolute Gasteiger partial charge is 0.207 e. The molecule has 0 aliphatic heterocycles. The maximum absolute atomic E-state index is 13.8. The van der Waals surface area contributed by atoms with Gasteiger partial charge < -0.3 is 0 Å². The van der Waals surface area contributed by atoms with E-state index in [4.69, 9.17) is 0 Å². The molecule has 0 fully saturated rings. The summed E-state index contributed by atoms with van der Waals surface area (Å²) in [7, 11) is -4.44. The topological polar surface area (TPSA) is 34.1 Å². The highest BCUT2D eigenvalue weighted by Gasteiger charge is 2.24. The third kappa shape index (κ3) is 3.10. The SMILES string of the molecule is CCc1c(F)cc(S(=O)(=O)c2cc(F)c(CC)c(F)c2)cc1F. The van der Waals surface area contributed by atoms with Crippen molar-refractivity contribution in [2.75, 3.05) is 0 Å². The zero-order valence-electron chi connectivity index (χ0n) is 12.5. The molecule has 0 N–H and O–H groups in total. The largest absolute Gasteiger partial charge is 0.219 e. The van der Waals surface area contributed by atoms with Crippen LogP contribution in [0.2, 0.25) is 0 Å². The van der Waals surface area contributed by atoms with Crippen molar-refractivity contribution in [3.8, 4) is 0 Å². The van der Waals surface area contributed by atoms with Crippen LogP contribution < -0.4 is 0 Å². The lowest BCUT2D eigenvalue weighted by molar-refractivity contribution is 0.542. The first kappa shape index (κ1) is 17.5. The molecule has 0 amide bonds. The molecule has 2 aromatic carbocycles. The van der Waals surface area contributed by atoms with Crippen LogP contribution in [0.4, 0.5) is 17.6 Å². The lowest BCUT2D eigenvalue weighted by Gasteiger charge is -2.10. The van der Waals surface area contributed by atoms with E-state index in [0.29, 0.717) is 24.3 Å². The van der Waals surface area contributed by atoms with Gasteiger partial charge in [-0.1, -0.05) is 13.8 Å². The first-order valence-corrected chi connectivity index (χ1v) is 8.41. The maximum atomic E-state index is 13.8. The van der Waals surface area contributed by atoms with Gasteiger partial charge in [-0.3, -0.25) is 0 Å². The quantitative estimate of drug-likeness (QED) is 0.778. The molecule has 0 saturated heterocycles. The van der Waals surface area contributed by atoms with Crippen molar-refractivity contribution in [2.45, 2.75) is 36.5 Å². The Balaban J connectivity index is 2.64. The van der Waals surface area contributed by atoms with E-state index in [9.17, 15) is 26.0 Å². The summed E-state index contributed by atoms with van der Waals surface area (Å²) in [5.74, 6) is -4.07. The fraction of sp³-hybridized carbons (Fsp3) is 0.250. The van der Waals surface area contributed by atoms with E-state index in [1.807, 2.05) is 0 Å². The minimum Gasteiger partial charge on any atom is -0.219 e. The minimum absolute atomic E-state index is 0.0481. The highest BCUT2D eigenvalue weighted by molar-refractivity contribution is 7.91. The van der Waals surface area contributed by atoms with E-state index in [1.54, 1.807) is 0 Å². The molecule has 0 spiro atoms. The summed E-state index contributed by atoms with van der Waals surface area (Å²) < 4.78 is 79.9. The molecule has 0 heterocycles. The summed E-state index contributed by atoms with van der Waals surface area (Å²) in [6.07, 6.45) is 0.0961. The van der Waals surface area contributed by atoms with Crippen LogP contribution in [0, 0.1) is 23.3 Å². The van der Waals surface area contributed by atoms with E-state index in [0.717, 1.165) is 0 Å². The Morgan fingerprint density at radius 1 is 0.696 bits per heavy atom. The van der Waals surface area contributed by atoms with Crippen LogP contribution in [0.3, 0.4) is 0 Å². The number of halogens is 4. The summed E-state index contributed by atoms with van der Waals surface area (Å²) in [6, 6.07) is 2.61. The molecule has 0 bridgehead atoms. The van der Waals surface area contributed by atoms with Crippen LogP contribution in [0.25, 0.3) is 0 Å². The fourth-order valence-electron chi connectivity index (χ4n) is 2.28. The number of sulfone groups is 1. The van der Waals surface area contributed by atoms with Crippen molar-refractivity contribution in [2.24, 2.45) is 0 Å². The number of rotatable bonds is 4. The molecule has 0 radical (unpaired) electrons. The molecule has 2 nitrogen and oxygen atoms in total. The van der Waals surface area contributed by atoms with Crippen molar-refractivity contribution in [1.29, 1.82) is 0 Å². The van der Waals surface area contributed by atoms with Crippen LogP contribution in [0.1, 0.15) is 25.0 Å². The Morgan fingerprint density at radius 2 is 0.957 bits per heavy atom. The second kappa shape index (κ2) is 6.31. The number of hydrogen-bond donors (Lipinski definition) is 0. The van der Waals surface area contributed by atoms with Crippen LogP contribution >= 0.6 is 0 Å². The Kier molecular flexibility index (Phi) is 4.79. The zero-order valence-corrected chi connectivity index (χ0v) is 13.3. The normalized spacial score (nSPS) is 11.7. The molecule has 0 saturated carbocycles. The second-order valence-electron chi connectivity index (χ2n) is 4.94. The lowest BCUT2D eigenvalue weighted by Crippen LogP contribution is -2.07. The molecule has 124 valence electrons. The molecule has 2 rings (SSSR count). The molecular weight excluding hydrogens is 332 g/mol. The molecular formula is C16H14F4O2S. The molecule has 0 aromatic heterocycles. The van der Waals surface area contributed by atoms with Gasteiger partial charge in [0.25, 0.3) is 0 Å². The summed E-state index contributed by atoms with van der Waals surface area (Å²) in [6.45, 7) is 3.04. The van der Waals surface area contributed by atoms with Crippen molar-refractivity contribution in [1.82, 2.24) is 0 Å². The first-order chi connectivity index (χ1) is 10.7. The van der Waals surface area contributed by atoms with Gasteiger partial charge in [0.2, 0.25) is 9.84 Å². The molecule has 2 aromatic rings. The van der Waals surface area contributed by atoms with E-state index in [1.165, 1.54) is 13.8 Å². The van der Waals surface area contributed by atoms with Gasteiger partial charge in [0.1, 0.15) is 23.3 Å². The van der Waals surface area contributed by atoms with Gasteiger partial charge >= 0.3 is 0 Å². The minimum atomic E-state index is -4.44. The van der Waals surface area contributed by atoms with Gasteiger partial charge in [0, 0.05) is 11.1 Å². The molecule has 0 aliphatic rings. The highest BCUT2D eigenvalue weighted by Crippen LogP contribution is 2.27. The Bertz CT molecular complexity index is 749. The van der Waals surface area contributed by atoms with Crippen LogP contribution in [0.15, 0.2) is 34.1 Å². The second-order valence-corrected chi connectivity index (χ2v) is 6.89. The van der Waals surface area contributed by atoms with Crippen molar-refractivity contribution in [3.63, 3.8) is 0 Å². The third-order valence-corrected chi connectivity index (χ3v) is 5.27. The molecule has 0 atom stereocenters. The van der Waals surface area contributed by atoms with Crippen molar-refractivity contribution < 1.29 is 26.0 Å². The molecule has 23 heavy (non-hydrogen) atoms. The molecule has 0 aliphatic carbocycles.